The lowest BCUT2D eigenvalue weighted by atomic mass is 10.3. The van der Waals surface area contributed by atoms with E-state index in [1.54, 1.807) is 12.5 Å². The molecule has 1 aliphatic heterocycles. The molecule has 74 valence electrons. The molecule has 0 saturated heterocycles. The van der Waals surface area contributed by atoms with Gasteiger partial charge < -0.3 is 4.74 Å². The second-order valence-electron chi connectivity index (χ2n) is 2.71. The lowest BCUT2D eigenvalue weighted by Crippen LogP contribution is -1.81. The van der Waals surface area contributed by atoms with E-state index in [-0.39, 0.29) is 0 Å². The normalized spacial score (nSPS) is 12.6. The fraction of sp³-hybridized carbons (Fsp3) is 0.250. The maximum atomic E-state index is 5.37. The van der Waals surface area contributed by atoms with Crippen LogP contribution in [0.15, 0.2) is 41.1 Å². The topological polar surface area (TPSA) is 21.6 Å². The lowest BCUT2D eigenvalue weighted by molar-refractivity contribution is 0.481. The zero-order chi connectivity index (χ0) is 10.4. The molecule has 0 amide bonds. The summed E-state index contributed by atoms with van der Waals surface area (Å²) < 4.78 is 5.37. The smallest absolute Gasteiger partial charge is 0.152 e. The van der Waals surface area contributed by atoms with Crippen LogP contribution < -0.4 is 4.74 Å². The molecule has 1 heterocycles. The van der Waals surface area contributed by atoms with Gasteiger partial charge in [0.05, 0.1) is 6.26 Å². The Morgan fingerprint density at radius 3 is 2.64 bits per heavy atom. The summed E-state index contributed by atoms with van der Waals surface area (Å²) in [7, 11) is 0. The maximum Gasteiger partial charge on any atom is 0.152 e. The van der Waals surface area contributed by atoms with Gasteiger partial charge in [-0.05, 0) is 19.1 Å². The molecular weight excluding hydrogens is 174 g/mol. The van der Waals surface area contributed by atoms with Crippen molar-refractivity contribution in [3.63, 3.8) is 0 Å². The van der Waals surface area contributed by atoms with Gasteiger partial charge >= 0.3 is 0 Å². The molecule has 1 aliphatic rings. The van der Waals surface area contributed by atoms with E-state index < -0.39 is 0 Å². The highest BCUT2D eigenvalue weighted by Crippen LogP contribution is 2.28. The Bertz CT molecular complexity index is 353. The highest BCUT2D eigenvalue weighted by Gasteiger charge is 2.01. The molecule has 0 radical (unpaired) electrons. The van der Waals surface area contributed by atoms with Gasteiger partial charge in [0.2, 0.25) is 0 Å². The largest absolute Gasteiger partial charge is 0.462 e. The third-order valence-corrected chi connectivity index (χ3v) is 1.64. The van der Waals surface area contributed by atoms with Gasteiger partial charge in [-0.2, -0.15) is 0 Å². The average Bonchev–Trinajstić information content (AvgIpc) is 2.45. The molecule has 0 saturated carbocycles. The number of rotatable bonds is 0. The number of aliphatic imine (C=N–C) groups is 1. The lowest BCUT2D eigenvalue weighted by Gasteiger charge is -2.00. The van der Waals surface area contributed by atoms with E-state index in [0.717, 1.165) is 17.0 Å². The number of benzene rings is 1. The molecule has 0 fully saturated rings. The third kappa shape index (κ3) is 2.46. The molecule has 2 nitrogen and oxygen atoms in total. The van der Waals surface area contributed by atoms with Crippen LogP contribution in [0.1, 0.15) is 20.8 Å². The van der Waals surface area contributed by atoms with Crippen LogP contribution in [-0.2, 0) is 0 Å². The fourth-order valence-electron chi connectivity index (χ4n) is 1.02. The second-order valence-corrected chi connectivity index (χ2v) is 2.71. The van der Waals surface area contributed by atoms with Crippen molar-refractivity contribution in [2.45, 2.75) is 20.8 Å². The van der Waals surface area contributed by atoms with Crippen molar-refractivity contribution in [1.82, 2.24) is 0 Å². The Kier molecular flexibility index (Phi) is 3.92. The van der Waals surface area contributed by atoms with E-state index in [0.29, 0.717) is 0 Å². The van der Waals surface area contributed by atoms with Gasteiger partial charge in [-0.25, -0.2) is 0 Å². The third-order valence-electron chi connectivity index (χ3n) is 1.64. The first-order valence-corrected chi connectivity index (χ1v) is 4.83. The Labute approximate surface area is 84.9 Å². The van der Waals surface area contributed by atoms with Gasteiger partial charge in [-0.15, -0.1) is 0 Å². The van der Waals surface area contributed by atoms with Gasteiger partial charge in [-0.1, -0.05) is 26.0 Å². The van der Waals surface area contributed by atoms with Crippen LogP contribution in [0.4, 0.5) is 5.69 Å². The number of nitrogens with zero attached hydrogens (tertiary/aromatic N) is 1. The number of ether oxygens (including phenoxy) is 1. The Hall–Kier alpha value is -1.57. The quantitative estimate of drug-likeness (QED) is 0.609. The summed E-state index contributed by atoms with van der Waals surface area (Å²) in [5, 5.41) is 0. The van der Waals surface area contributed by atoms with Crippen LogP contribution in [0.2, 0.25) is 0 Å². The van der Waals surface area contributed by atoms with Crippen molar-refractivity contribution in [3.8, 4) is 5.75 Å². The Morgan fingerprint density at radius 1 is 1.14 bits per heavy atom. The summed E-state index contributed by atoms with van der Waals surface area (Å²) in [6, 6.07) is 7.71. The summed E-state index contributed by atoms with van der Waals surface area (Å²) in [5.74, 6) is 0.811. The minimum absolute atomic E-state index is 0.811. The van der Waals surface area contributed by atoms with Crippen LogP contribution in [-0.4, -0.2) is 6.21 Å². The zero-order valence-corrected chi connectivity index (χ0v) is 8.82. The summed E-state index contributed by atoms with van der Waals surface area (Å²) >= 11 is 0. The molecule has 0 atom stereocenters. The highest BCUT2D eigenvalue weighted by molar-refractivity contribution is 5.81. The Morgan fingerprint density at radius 2 is 1.86 bits per heavy atom. The molecule has 0 unspecified atom stereocenters. The second kappa shape index (κ2) is 5.22. The fourth-order valence-corrected chi connectivity index (χ4v) is 1.02. The maximum absolute atomic E-state index is 5.37. The number of para-hydroxylation sites is 2. The first-order chi connectivity index (χ1) is 6.86. The number of hydrogen-bond donors (Lipinski definition) is 0. The summed E-state index contributed by atoms with van der Waals surface area (Å²) in [4.78, 5) is 4.25. The van der Waals surface area contributed by atoms with Crippen molar-refractivity contribution < 1.29 is 4.74 Å². The monoisotopic (exact) mass is 189 g/mol. The number of allylic oxidation sites excluding steroid dienone is 1. The predicted molar refractivity (Wildman–Crippen MR) is 60.3 cm³/mol. The molecular formula is C12H15NO. The number of fused-ring (bicyclic) bond motifs is 1. The van der Waals surface area contributed by atoms with E-state index in [1.807, 2.05) is 45.0 Å². The summed E-state index contributed by atoms with van der Waals surface area (Å²) in [5.41, 5.74) is 1.90. The standard InChI is InChI=1S/C10H9NO.C2H6/c1-8-6-11-9-4-2-3-5-10(9)12-7-8;1-2/h2-7H,1H3;1-2H3. The molecule has 1 aromatic carbocycles. The molecule has 0 aromatic heterocycles. The van der Waals surface area contributed by atoms with Crippen LogP contribution in [0, 0.1) is 0 Å². The van der Waals surface area contributed by atoms with Crippen molar-refractivity contribution in [2.75, 3.05) is 0 Å². The predicted octanol–water partition coefficient (Wildman–Crippen LogP) is 3.71. The number of hydrogen-bond acceptors (Lipinski definition) is 2. The van der Waals surface area contributed by atoms with Gasteiger partial charge in [-0.3, -0.25) is 4.99 Å². The summed E-state index contributed by atoms with van der Waals surface area (Å²) in [6.45, 7) is 5.95. The molecule has 0 bridgehead atoms. The first kappa shape index (κ1) is 10.5. The highest BCUT2D eigenvalue weighted by atomic mass is 16.5. The van der Waals surface area contributed by atoms with E-state index in [2.05, 4.69) is 4.99 Å². The minimum Gasteiger partial charge on any atom is -0.462 e. The molecule has 2 rings (SSSR count). The van der Waals surface area contributed by atoms with Crippen molar-refractivity contribution in [2.24, 2.45) is 4.99 Å². The van der Waals surface area contributed by atoms with E-state index >= 15 is 0 Å². The molecule has 2 heteroatoms. The zero-order valence-electron chi connectivity index (χ0n) is 8.82. The van der Waals surface area contributed by atoms with Crippen molar-refractivity contribution in [3.05, 3.63) is 36.1 Å². The van der Waals surface area contributed by atoms with E-state index in [1.165, 1.54) is 0 Å². The van der Waals surface area contributed by atoms with E-state index in [9.17, 15) is 0 Å². The molecule has 0 aliphatic carbocycles. The molecule has 14 heavy (non-hydrogen) atoms. The SMILES string of the molecule is CC.CC1=COc2ccccc2N=C1. The summed E-state index contributed by atoms with van der Waals surface area (Å²) in [6.07, 6.45) is 3.50. The average molecular weight is 189 g/mol. The molecule has 1 aromatic rings. The van der Waals surface area contributed by atoms with Crippen molar-refractivity contribution >= 4 is 11.9 Å². The van der Waals surface area contributed by atoms with Crippen LogP contribution in [0.5, 0.6) is 5.75 Å². The van der Waals surface area contributed by atoms with E-state index in [4.69, 9.17) is 4.74 Å². The Balaban J connectivity index is 0.000000461. The molecule has 0 spiro atoms. The van der Waals surface area contributed by atoms with Crippen LogP contribution >= 0.6 is 0 Å². The first-order valence-electron chi connectivity index (χ1n) is 4.83. The van der Waals surface area contributed by atoms with Crippen LogP contribution in [0.3, 0.4) is 0 Å². The molecule has 0 N–H and O–H groups in total. The van der Waals surface area contributed by atoms with Gasteiger partial charge in [0.1, 0.15) is 5.69 Å². The van der Waals surface area contributed by atoms with Gasteiger partial charge in [0.15, 0.2) is 5.75 Å². The van der Waals surface area contributed by atoms with Crippen molar-refractivity contribution in [1.29, 1.82) is 0 Å². The van der Waals surface area contributed by atoms with Gasteiger partial charge in [0, 0.05) is 11.8 Å². The minimum atomic E-state index is 0.811. The van der Waals surface area contributed by atoms with Gasteiger partial charge in [0.25, 0.3) is 0 Å². The van der Waals surface area contributed by atoms with Crippen LogP contribution in [0.25, 0.3) is 0 Å².